The second-order valence-corrected chi connectivity index (χ2v) is 3.82. The molecule has 104 valence electrons. The van der Waals surface area contributed by atoms with Crippen molar-refractivity contribution < 1.29 is 24.2 Å². The summed E-state index contributed by atoms with van der Waals surface area (Å²) >= 11 is 0. The van der Waals surface area contributed by atoms with Gasteiger partial charge < -0.3 is 19.9 Å². The lowest BCUT2D eigenvalue weighted by molar-refractivity contribution is -0.120. The maximum Gasteiger partial charge on any atom is 0.335 e. The molecule has 1 aromatic rings. The molecule has 0 saturated heterocycles. The standard InChI is InChI=1S/C13H17NO5/c1-3-6-19-8-12(15)14-10-7-9(13(16)17)4-5-11(10)18-2/h4-5,7H,3,6,8H2,1-2H3,(H,14,15)(H,16,17). The molecule has 0 heterocycles. The highest BCUT2D eigenvalue weighted by molar-refractivity contribution is 5.96. The number of carbonyl (C=O) groups is 2. The van der Waals surface area contributed by atoms with Gasteiger partial charge in [0.2, 0.25) is 5.91 Å². The van der Waals surface area contributed by atoms with Gasteiger partial charge >= 0.3 is 5.97 Å². The fourth-order valence-electron chi connectivity index (χ4n) is 1.43. The molecular weight excluding hydrogens is 250 g/mol. The van der Waals surface area contributed by atoms with Crippen molar-refractivity contribution in [3.05, 3.63) is 23.8 Å². The molecule has 1 aromatic carbocycles. The van der Waals surface area contributed by atoms with E-state index in [9.17, 15) is 9.59 Å². The predicted octanol–water partition coefficient (Wildman–Crippen LogP) is 1.76. The van der Waals surface area contributed by atoms with Gasteiger partial charge in [-0.05, 0) is 24.6 Å². The van der Waals surface area contributed by atoms with Crippen molar-refractivity contribution in [1.82, 2.24) is 0 Å². The summed E-state index contributed by atoms with van der Waals surface area (Å²) in [6.07, 6.45) is 0.825. The number of carboxylic acid groups (broad SMARTS) is 1. The van der Waals surface area contributed by atoms with Crippen molar-refractivity contribution in [1.29, 1.82) is 0 Å². The number of rotatable bonds is 7. The van der Waals surface area contributed by atoms with Gasteiger partial charge in [0, 0.05) is 6.61 Å². The molecule has 1 amide bonds. The smallest absolute Gasteiger partial charge is 0.335 e. The molecule has 0 atom stereocenters. The van der Waals surface area contributed by atoms with E-state index in [0.717, 1.165) is 6.42 Å². The number of nitrogens with one attached hydrogen (secondary N) is 1. The Kier molecular flexibility index (Phi) is 5.81. The van der Waals surface area contributed by atoms with Crippen LogP contribution in [0, 0.1) is 0 Å². The van der Waals surface area contributed by atoms with Gasteiger partial charge in [0.05, 0.1) is 18.4 Å². The third kappa shape index (κ3) is 4.59. The van der Waals surface area contributed by atoms with Crippen molar-refractivity contribution >= 4 is 17.6 Å². The third-order valence-electron chi connectivity index (χ3n) is 2.30. The van der Waals surface area contributed by atoms with Crippen molar-refractivity contribution in [2.75, 3.05) is 25.6 Å². The lowest BCUT2D eigenvalue weighted by Gasteiger charge is -2.11. The van der Waals surface area contributed by atoms with Crippen LogP contribution in [-0.2, 0) is 9.53 Å². The van der Waals surface area contributed by atoms with Gasteiger partial charge in [-0.2, -0.15) is 0 Å². The minimum absolute atomic E-state index is 0.0746. The summed E-state index contributed by atoms with van der Waals surface area (Å²) in [5.41, 5.74) is 0.387. The fourth-order valence-corrected chi connectivity index (χ4v) is 1.43. The van der Waals surface area contributed by atoms with E-state index in [1.807, 2.05) is 6.92 Å². The zero-order valence-electron chi connectivity index (χ0n) is 10.9. The normalized spacial score (nSPS) is 10.0. The number of amides is 1. The molecule has 0 aliphatic heterocycles. The lowest BCUT2D eigenvalue weighted by Crippen LogP contribution is -2.19. The molecule has 0 saturated carbocycles. The van der Waals surface area contributed by atoms with Crippen LogP contribution < -0.4 is 10.1 Å². The molecule has 0 aliphatic carbocycles. The van der Waals surface area contributed by atoms with Gasteiger partial charge in [-0.3, -0.25) is 4.79 Å². The Morgan fingerprint density at radius 2 is 2.11 bits per heavy atom. The Hall–Kier alpha value is -2.08. The monoisotopic (exact) mass is 267 g/mol. The first kappa shape index (κ1) is 15.0. The topological polar surface area (TPSA) is 84.9 Å². The first-order valence-corrected chi connectivity index (χ1v) is 5.87. The first-order chi connectivity index (χ1) is 9.08. The van der Waals surface area contributed by atoms with Crippen LogP contribution in [0.3, 0.4) is 0 Å². The number of aromatic carboxylic acids is 1. The van der Waals surface area contributed by atoms with E-state index >= 15 is 0 Å². The van der Waals surface area contributed by atoms with Crippen molar-refractivity contribution in [2.45, 2.75) is 13.3 Å². The number of carbonyl (C=O) groups excluding carboxylic acids is 1. The van der Waals surface area contributed by atoms with E-state index < -0.39 is 5.97 Å². The van der Waals surface area contributed by atoms with Gasteiger partial charge in [0.15, 0.2) is 0 Å². The fraction of sp³-hybridized carbons (Fsp3) is 0.385. The van der Waals surface area contributed by atoms with E-state index in [1.165, 1.54) is 25.3 Å². The van der Waals surface area contributed by atoms with E-state index in [2.05, 4.69) is 5.32 Å². The number of carboxylic acids is 1. The van der Waals surface area contributed by atoms with Gasteiger partial charge in [-0.15, -0.1) is 0 Å². The van der Waals surface area contributed by atoms with Crippen LogP contribution in [0.4, 0.5) is 5.69 Å². The Balaban J connectivity index is 2.77. The molecule has 0 radical (unpaired) electrons. The summed E-state index contributed by atoms with van der Waals surface area (Å²) in [7, 11) is 1.44. The van der Waals surface area contributed by atoms with Crippen LogP contribution in [0.15, 0.2) is 18.2 Å². The SMILES string of the molecule is CCCOCC(=O)Nc1cc(C(=O)O)ccc1OC. The summed E-state index contributed by atoms with van der Waals surface area (Å²) in [4.78, 5) is 22.5. The highest BCUT2D eigenvalue weighted by atomic mass is 16.5. The number of anilines is 1. The molecular formula is C13H17NO5. The number of benzene rings is 1. The second kappa shape index (κ2) is 7.38. The summed E-state index contributed by atoms with van der Waals surface area (Å²) in [6, 6.07) is 4.25. The summed E-state index contributed by atoms with van der Waals surface area (Å²) < 4.78 is 10.2. The van der Waals surface area contributed by atoms with Crippen molar-refractivity contribution in [3.8, 4) is 5.75 Å². The molecule has 0 spiro atoms. The van der Waals surface area contributed by atoms with Gasteiger partial charge in [0.25, 0.3) is 0 Å². The Bertz CT molecular complexity index is 458. The van der Waals surface area contributed by atoms with Crippen molar-refractivity contribution in [2.24, 2.45) is 0 Å². The molecule has 0 aromatic heterocycles. The van der Waals surface area contributed by atoms with Crippen molar-refractivity contribution in [3.63, 3.8) is 0 Å². The molecule has 1 rings (SSSR count). The zero-order chi connectivity index (χ0) is 14.3. The maximum absolute atomic E-state index is 11.6. The number of hydrogen-bond acceptors (Lipinski definition) is 4. The lowest BCUT2D eigenvalue weighted by atomic mass is 10.2. The summed E-state index contributed by atoms with van der Waals surface area (Å²) in [6.45, 7) is 2.37. The van der Waals surface area contributed by atoms with E-state index in [0.29, 0.717) is 18.0 Å². The van der Waals surface area contributed by atoms with Crippen LogP contribution in [0.2, 0.25) is 0 Å². The van der Waals surface area contributed by atoms with Crippen LogP contribution in [0.1, 0.15) is 23.7 Å². The van der Waals surface area contributed by atoms with E-state index in [-0.39, 0.29) is 18.1 Å². The molecule has 0 unspecified atom stereocenters. The van der Waals surface area contributed by atoms with Crippen LogP contribution in [-0.4, -0.2) is 37.3 Å². The van der Waals surface area contributed by atoms with Crippen LogP contribution >= 0.6 is 0 Å². The summed E-state index contributed by atoms with van der Waals surface area (Å²) in [5.74, 6) is -1.02. The number of ether oxygens (including phenoxy) is 2. The predicted molar refractivity (Wildman–Crippen MR) is 69.7 cm³/mol. The highest BCUT2D eigenvalue weighted by Gasteiger charge is 2.11. The molecule has 0 fully saturated rings. The number of hydrogen-bond donors (Lipinski definition) is 2. The highest BCUT2D eigenvalue weighted by Crippen LogP contribution is 2.25. The third-order valence-corrected chi connectivity index (χ3v) is 2.30. The van der Waals surface area contributed by atoms with Gasteiger partial charge in [-0.1, -0.05) is 6.92 Å². The minimum Gasteiger partial charge on any atom is -0.495 e. The van der Waals surface area contributed by atoms with E-state index in [1.54, 1.807) is 0 Å². The molecule has 0 aliphatic rings. The second-order valence-electron chi connectivity index (χ2n) is 3.82. The molecule has 19 heavy (non-hydrogen) atoms. The Morgan fingerprint density at radius 1 is 1.37 bits per heavy atom. The number of methoxy groups -OCH3 is 1. The summed E-state index contributed by atoms with van der Waals surface area (Å²) in [5, 5.41) is 11.5. The molecule has 2 N–H and O–H groups in total. The zero-order valence-corrected chi connectivity index (χ0v) is 10.9. The maximum atomic E-state index is 11.6. The quantitative estimate of drug-likeness (QED) is 0.735. The van der Waals surface area contributed by atoms with Crippen LogP contribution in [0.25, 0.3) is 0 Å². The Labute approximate surface area is 111 Å². The van der Waals surface area contributed by atoms with Gasteiger partial charge in [-0.25, -0.2) is 4.79 Å². The van der Waals surface area contributed by atoms with E-state index in [4.69, 9.17) is 14.6 Å². The van der Waals surface area contributed by atoms with Gasteiger partial charge in [0.1, 0.15) is 12.4 Å². The average Bonchev–Trinajstić information content (AvgIpc) is 2.38. The molecule has 0 bridgehead atoms. The first-order valence-electron chi connectivity index (χ1n) is 5.87. The molecule has 6 nitrogen and oxygen atoms in total. The minimum atomic E-state index is -1.07. The Morgan fingerprint density at radius 3 is 2.68 bits per heavy atom. The van der Waals surface area contributed by atoms with Crippen LogP contribution in [0.5, 0.6) is 5.75 Å². The largest absolute Gasteiger partial charge is 0.495 e. The molecule has 6 heteroatoms. The average molecular weight is 267 g/mol.